The summed E-state index contributed by atoms with van der Waals surface area (Å²) in [6, 6.07) is 18.0. The van der Waals surface area contributed by atoms with Gasteiger partial charge in [0.1, 0.15) is 36.1 Å². The van der Waals surface area contributed by atoms with E-state index in [0.717, 1.165) is 5.57 Å². The third-order valence-electron chi connectivity index (χ3n) is 11.6. The topological polar surface area (TPSA) is 127 Å². The van der Waals surface area contributed by atoms with Crippen LogP contribution in [0.15, 0.2) is 72.8 Å². The molecular formula is C34H38O9. The number of carbonyl (C=O) groups excluding carboxylic acids is 1. The second kappa shape index (κ2) is 8.75. The first-order chi connectivity index (χ1) is 20.5. The molecule has 0 amide bonds. The summed E-state index contributed by atoms with van der Waals surface area (Å²) in [7, 11) is 0. The van der Waals surface area contributed by atoms with Crippen LogP contribution in [0.4, 0.5) is 0 Å². The Morgan fingerprint density at radius 2 is 1.67 bits per heavy atom. The monoisotopic (exact) mass is 590 g/mol. The highest BCUT2D eigenvalue weighted by Gasteiger charge is 2.89. The van der Waals surface area contributed by atoms with Crippen molar-refractivity contribution in [2.75, 3.05) is 6.61 Å². The number of esters is 1. The van der Waals surface area contributed by atoms with E-state index in [1.54, 1.807) is 30.3 Å². The highest BCUT2D eigenvalue weighted by molar-refractivity contribution is 5.89. The molecule has 0 aromatic heterocycles. The molecule has 13 atom stereocenters. The summed E-state index contributed by atoms with van der Waals surface area (Å²) in [6.07, 6.45) is -3.25. The fourth-order valence-corrected chi connectivity index (χ4v) is 9.58. The lowest BCUT2D eigenvalue weighted by Gasteiger charge is -2.60. The third-order valence-corrected chi connectivity index (χ3v) is 11.6. The van der Waals surface area contributed by atoms with Crippen molar-refractivity contribution in [2.24, 2.45) is 23.7 Å². The van der Waals surface area contributed by atoms with Crippen LogP contribution in [-0.2, 0) is 29.7 Å². The lowest BCUT2D eigenvalue weighted by molar-refractivity contribution is -0.443. The molecule has 2 aromatic rings. The molecule has 9 nitrogen and oxygen atoms in total. The molecule has 3 unspecified atom stereocenters. The van der Waals surface area contributed by atoms with E-state index in [-0.39, 0.29) is 18.4 Å². The number of fused-ring (bicyclic) bond motifs is 3. The van der Waals surface area contributed by atoms with Crippen molar-refractivity contribution < 1.29 is 43.8 Å². The zero-order chi connectivity index (χ0) is 30.2. The fourth-order valence-electron chi connectivity index (χ4n) is 9.58. The van der Waals surface area contributed by atoms with Crippen LogP contribution in [0.25, 0.3) is 0 Å². The largest absolute Gasteiger partial charge is 0.459 e. The van der Waals surface area contributed by atoms with Crippen molar-refractivity contribution in [2.45, 2.75) is 86.4 Å². The van der Waals surface area contributed by atoms with Crippen molar-refractivity contribution in [3.05, 3.63) is 83.9 Å². The predicted octanol–water partition coefficient (Wildman–Crippen LogP) is 3.07. The smallest absolute Gasteiger partial charge is 0.338 e. The Labute approximate surface area is 250 Å². The van der Waals surface area contributed by atoms with E-state index in [1.807, 2.05) is 44.2 Å². The first-order valence-corrected chi connectivity index (χ1v) is 15.2. The number of epoxide rings is 1. The molecule has 6 aliphatic rings. The molecule has 3 N–H and O–H groups in total. The van der Waals surface area contributed by atoms with Crippen LogP contribution in [0.5, 0.6) is 0 Å². The van der Waals surface area contributed by atoms with Gasteiger partial charge in [-0.05, 0) is 49.3 Å². The molecule has 2 aromatic carbocycles. The van der Waals surface area contributed by atoms with Crippen molar-refractivity contribution in [1.29, 1.82) is 0 Å². The van der Waals surface area contributed by atoms with E-state index in [9.17, 15) is 20.1 Å². The molecule has 3 saturated carbocycles. The van der Waals surface area contributed by atoms with E-state index in [4.69, 9.17) is 23.7 Å². The summed E-state index contributed by atoms with van der Waals surface area (Å²) in [4.78, 5) is 13.0. The van der Waals surface area contributed by atoms with Gasteiger partial charge in [0.05, 0.1) is 17.3 Å². The lowest BCUT2D eigenvalue weighted by Crippen LogP contribution is -2.72. The molecule has 0 spiro atoms. The molecular weight excluding hydrogens is 552 g/mol. The van der Waals surface area contributed by atoms with Crippen molar-refractivity contribution >= 4 is 5.97 Å². The van der Waals surface area contributed by atoms with E-state index < -0.39 is 70.6 Å². The summed E-state index contributed by atoms with van der Waals surface area (Å²) in [5, 5.41) is 36.4. The zero-order valence-electron chi connectivity index (χ0n) is 24.5. The van der Waals surface area contributed by atoms with Crippen LogP contribution < -0.4 is 0 Å². The van der Waals surface area contributed by atoms with Gasteiger partial charge in [-0.3, -0.25) is 0 Å². The van der Waals surface area contributed by atoms with E-state index in [2.05, 4.69) is 13.5 Å². The minimum Gasteiger partial charge on any atom is -0.459 e. The molecule has 0 radical (unpaired) electrons. The average Bonchev–Trinajstić information content (AvgIpc) is 3.63. The zero-order valence-corrected chi connectivity index (χ0v) is 24.5. The first-order valence-electron chi connectivity index (χ1n) is 15.2. The maximum atomic E-state index is 13.0. The minimum atomic E-state index is -2.02. The van der Waals surface area contributed by atoms with Crippen LogP contribution >= 0.6 is 0 Å². The number of hydrogen-bond acceptors (Lipinski definition) is 9. The second-order valence-electron chi connectivity index (χ2n) is 13.8. The molecule has 3 aliphatic carbocycles. The van der Waals surface area contributed by atoms with E-state index in [0.29, 0.717) is 24.0 Å². The normalized spacial score (nSPS) is 50.3. The van der Waals surface area contributed by atoms with Gasteiger partial charge in [0.25, 0.3) is 0 Å². The van der Waals surface area contributed by atoms with Gasteiger partial charge in [0.2, 0.25) is 0 Å². The number of ether oxygens (including phenoxy) is 5. The lowest BCUT2D eigenvalue weighted by atomic mass is 9.54. The highest BCUT2D eigenvalue weighted by atomic mass is 16.9. The standard InChI is InChI=1S/C34H38O9/c1-18(2)30-16-20(4)33-23-15-19(3)25(35)32(23,38)29(37)31(17-39-28(36)21-11-7-5-8-12-21)27(40-31)24(33)26(30)41-34(42-30,43-33)22-13-9-6-10-14-22/h5-14,19-20,23-27,29,35,37-38H,1,15-17H2,2-4H3/t19-,20+,23?,24?,25-,26+,27-,29+,30+,31-,32+,33?,34+/m0/s1. The molecule has 3 aliphatic heterocycles. The summed E-state index contributed by atoms with van der Waals surface area (Å²) >= 11 is 0. The Balaban J connectivity index is 1.29. The maximum absolute atomic E-state index is 13.0. The third kappa shape index (κ3) is 3.23. The molecule has 3 heterocycles. The van der Waals surface area contributed by atoms with Gasteiger partial charge in [-0.15, -0.1) is 0 Å². The molecule has 6 fully saturated rings. The number of aliphatic hydroxyl groups is 3. The number of carbonyl (C=O) groups is 1. The molecule has 228 valence electrons. The van der Waals surface area contributed by atoms with Crippen LogP contribution in [0.3, 0.4) is 0 Å². The van der Waals surface area contributed by atoms with Gasteiger partial charge < -0.3 is 39.0 Å². The summed E-state index contributed by atoms with van der Waals surface area (Å²) in [5.74, 6) is -3.96. The number of benzene rings is 2. The van der Waals surface area contributed by atoms with Crippen molar-refractivity contribution in [3.63, 3.8) is 0 Å². The SMILES string of the molecule is C=C(C)[C@]12C[C@@H](C)C34O[C@](c5ccccc5)(O[C@@H]1C3[C@@H]1O[C@]1(COC(=O)c1ccccc1)[C@@H](O)[C@@]1(O)C4C[C@H](C)[C@@H]1O)O2. The molecule has 9 heteroatoms. The summed E-state index contributed by atoms with van der Waals surface area (Å²) < 4.78 is 33.2. The Kier molecular flexibility index (Phi) is 5.68. The van der Waals surface area contributed by atoms with Crippen LogP contribution in [0.1, 0.15) is 49.5 Å². The minimum absolute atomic E-state index is 0.215. The second-order valence-corrected chi connectivity index (χ2v) is 13.8. The van der Waals surface area contributed by atoms with Crippen LogP contribution in [0, 0.1) is 23.7 Å². The van der Waals surface area contributed by atoms with E-state index >= 15 is 0 Å². The van der Waals surface area contributed by atoms with Crippen LogP contribution in [0.2, 0.25) is 0 Å². The highest BCUT2D eigenvalue weighted by Crippen LogP contribution is 2.74. The summed E-state index contributed by atoms with van der Waals surface area (Å²) in [5.41, 5.74) is -3.76. The van der Waals surface area contributed by atoms with Gasteiger partial charge in [0, 0.05) is 17.4 Å². The molecule has 3 bridgehead atoms. The first kappa shape index (κ1) is 27.9. The quantitative estimate of drug-likeness (QED) is 0.274. The van der Waals surface area contributed by atoms with Gasteiger partial charge in [-0.2, -0.15) is 0 Å². The van der Waals surface area contributed by atoms with Gasteiger partial charge in [-0.25, -0.2) is 4.79 Å². The number of hydrogen-bond donors (Lipinski definition) is 3. The Hall–Kier alpha value is -2.63. The Bertz CT molecular complexity index is 1480. The summed E-state index contributed by atoms with van der Waals surface area (Å²) in [6.45, 7) is 9.89. The van der Waals surface area contributed by atoms with Crippen molar-refractivity contribution in [1.82, 2.24) is 0 Å². The van der Waals surface area contributed by atoms with E-state index in [1.165, 1.54) is 0 Å². The number of rotatable bonds is 5. The Morgan fingerprint density at radius 1 is 1.00 bits per heavy atom. The Morgan fingerprint density at radius 3 is 2.35 bits per heavy atom. The van der Waals surface area contributed by atoms with Gasteiger partial charge in [-0.1, -0.05) is 69.0 Å². The maximum Gasteiger partial charge on any atom is 0.338 e. The molecule has 43 heavy (non-hydrogen) atoms. The van der Waals surface area contributed by atoms with Gasteiger partial charge in [0.15, 0.2) is 5.60 Å². The average molecular weight is 591 g/mol. The fraction of sp³-hybridized carbons (Fsp3) is 0.559. The van der Waals surface area contributed by atoms with Crippen molar-refractivity contribution in [3.8, 4) is 0 Å². The number of aliphatic hydroxyl groups excluding tert-OH is 2. The predicted molar refractivity (Wildman–Crippen MR) is 151 cm³/mol. The van der Waals surface area contributed by atoms with Gasteiger partial charge >= 0.3 is 11.9 Å². The molecule has 3 saturated heterocycles. The molecule has 8 rings (SSSR count). The van der Waals surface area contributed by atoms with Crippen LogP contribution in [-0.4, -0.2) is 74.7 Å².